The molecule has 0 aliphatic heterocycles. The van der Waals surface area contributed by atoms with Crippen LogP contribution in [0.1, 0.15) is 31.2 Å². The van der Waals surface area contributed by atoms with Gasteiger partial charge in [0, 0.05) is 25.0 Å². The topological polar surface area (TPSA) is 65.1 Å². The summed E-state index contributed by atoms with van der Waals surface area (Å²) in [6.45, 7) is 0.867. The standard InChI is InChI=1S/C12H18N2O2/c15-12(16)10-1-3-11(4-2-10)14-8-9-5-6-13-7-9/h5-7,10-11,13-14H,1-4,8H2,(H,15,16). The van der Waals surface area contributed by atoms with Gasteiger partial charge >= 0.3 is 5.97 Å². The van der Waals surface area contributed by atoms with Crippen molar-refractivity contribution < 1.29 is 9.90 Å². The smallest absolute Gasteiger partial charge is 0.306 e. The quantitative estimate of drug-likeness (QED) is 0.727. The summed E-state index contributed by atoms with van der Waals surface area (Å²) in [6, 6.07) is 2.53. The molecule has 88 valence electrons. The number of hydrogen-bond donors (Lipinski definition) is 3. The fourth-order valence-electron chi connectivity index (χ4n) is 2.28. The molecule has 1 saturated carbocycles. The summed E-state index contributed by atoms with van der Waals surface area (Å²) in [5.74, 6) is -0.755. The average Bonchev–Trinajstić information content (AvgIpc) is 2.80. The molecule has 16 heavy (non-hydrogen) atoms. The van der Waals surface area contributed by atoms with E-state index < -0.39 is 5.97 Å². The molecule has 0 unspecified atom stereocenters. The molecule has 4 heteroatoms. The van der Waals surface area contributed by atoms with E-state index in [0.29, 0.717) is 6.04 Å². The first-order chi connectivity index (χ1) is 7.75. The molecule has 0 amide bonds. The molecule has 0 radical (unpaired) electrons. The van der Waals surface area contributed by atoms with Gasteiger partial charge in [-0.15, -0.1) is 0 Å². The minimum atomic E-state index is -0.635. The Kier molecular flexibility index (Phi) is 3.62. The largest absolute Gasteiger partial charge is 0.481 e. The van der Waals surface area contributed by atoms with Crippen LogP contribution in [-0.4, -0.2) is 22.1 Å². The normalized spacial score (nSPS) is 25.5. The lowest BCUT2D eigenvalue weighted by Crippen LogP contribution is -2.34. The lowest BCUT2D eigenvalue weighted by molar-refractivity contribution is -0.142. The number of carbonyl (C=O) groups is 1. The molecular weight excluding hydrogens is 204 g/mol. The number of rotatable bonds is 4. The van der Waals surface area contributed by atoms with Gasteiger partial charge in [-0.3, -0.25) is 4.79 Å². The SMILES string of the molecule is O=C(O)C1CCC(NCc2cc[nH]c2)CC1. The van der Waals surface area contributed by atoms with Crippen molar-refractivity contribution >= 4 is 5.97 Å². The van der Waals surface area contributed by atoms with Gasteiger partial charge in [0.05, 0.1) is 5.92 Å². The van der Waals surface area contributed by atoms with Crippen molar-refractivity contribution in [3.63, 3.8) is 0 Å². The molecule has 0 bridgehead atoms. The molecule has 0 aromatic carbocycles. The fraction of sp³-hybridized carbons (Fsp3) is 0.583. The molecule has 3 N–H and O–H groups in total. The molecule has 4 nitrogen and oxygen atoms in total. The third-order valence-electron chi connectivity index (χ3n) is 3.33. The maximum Gasteiger partial charge on any atom is 0.306 e. The Morgan fingerprint density at radius 3 is 2.75 bits per heavy atom. The van der Waals surface area contributed by atoms with Crippen molar-refractivity contribution in [1.82, 2.24) is 10.3 Å². The number of H-pyrrole nitrogens is 1. The van der Waals surface area contributed by atoms with Gasteiger partial charge in [0.15, 0.2) is 0 Å². The van der Waals surface area contributed by atoms with E-state index in [2.05, 4.69) is 16.4 Å². The van der Waals surface area contributed by atoms with Gasteiger partial charge in [0.1, 0.15) is 0 Å². The van der Waals surface area contributed by atoms with Gasteiger partial charge < -0.3 is 15.4 Å². The Hall–Kier alpha value is -1.29. The van der Waals surface area contributed by atoms with Crippen molar-refractivity contribution in [2.75, 3.05) is 0 Å². The van der Waals surface area contributed by atoms with Gasteiger partial charge in [-0.1, -0.05) is 0 Å². The highest BCUT2D eigenvalue weighted by Gasteiger charge is 2.25. The zero-order chi connectivity index (χ0) is 11.4. The van der Waals surface area contributed by atoms with Crippen LogP contribution < -0.4 is 5.32 Å². The average molecular weight is 222 g/mol. The van der Waals surface area contributed by atoms with E-state index >= 15 is 0 Å². The third-order valence-corrected chi connectivity index (χ3v) is 3.33. The first-order valence-corrected chi connectivity index (χ1v) is 5.83. The summed E-state index contributed by atoms with van der Waals surface area (Å²) in [4.78, 5) is 13.8. The number of carboxylic acids is 1. The van der Waals surface area contributed by atoms with Gasteiger partial charge in [-0.05, 0) is 37.3 Å². The summed E-state index contributed by atoms with van der Waals surface area (Å²) in [7, 11) is 0. The van der Waals surface area contributed by atoms with Crippen LogP contribution >= 0.6 is 0 Å². The number of aromatic nitrogens is 1. The Labute approximate surface area is 95.1 Å². The van der Waals surface area contributed by atoms with E-state index in [9.17, 15) is 4.79 Å². The number of aliphatic carboxylic acids is 1. The second-order valence-corrected chi connectivity index (χ2v) is 4.49. The Morgan fingerprint density at radius 1 is 1.44 bits per heavy atom. The van der Waals surface area contributed by atoms with Crippen LogP contribution in [0.25, 0.3) is 0 Å². The maximum atomic E-state index is 10.8. The molecule has 1 fully saturated rings. The van der Waals surface area contributed by atoms with Crippen molar-refractivity contribution in [2.45, 2.75) is 38.3 Å². The van der Waals surface area contributed by atoms with Crippen LogP contribution in [0, 0.1) is 5.92 Å². The molecule has 1 aromatic rings. The van der Waals surface area contributed by atoms with Crippen LogP contribution in [-0.2, 0) is 11.3 Å². The van der Waals surface area contributed by atoms with Crippen LogP contribution in [0.15, 0.2) is 18.5 Å². The van der Waals surface area contributed by atoms with E-state index in [1.165, 1.54) is 5.56 Å². The molecule has 1 aliphatic carbocycles. The second-order valence-electron chi connectivity index (χ2n) is 4.49. The summed E-state index contributed by atoms with van der Waals surface area (Å²) in [5, 5.41) is 12.4. The fourth-order valence-corrected chi connectivity index (χ4v) is 2.28. The highest BCUT2D eigenvalue weighted by Crippen LogP contribution is 2.24. The zero-order valence-corrected chi connectivity index (χ0v) is 9.28. The lowest BCUT2D eigenvalue weighted by atomic mass is 9.86. The first kappa shape index (κ1) is 11.2. The van der Waals surface area contributed by atoms with Crippen molar-refractivity contribution in [3.8, 4) is 0 Å². The van der Waals surface area contributed by atoms with Gasteiger partial charge in [0.25, 0.3) is 0 Å². The molecular formula is C12H18N2O2. The van der Waals surface area contributed by atoms with Crippen LogP contribution in [0.3, 0.4) is 0 Å². The van der Waals surface area contributed by atoms with Crippen LogP contribution in [0.2, 0.25) is 0 Å². The van der Waals surface area contributed by atoms with E-state index in [4.69, 9.17) is 5.11 Å². The molecule has 0 saturated heterocycles. The van der Waals surface area contributed by atoms with E-state index in [1.54, 1.807) is 0 Å². The summed E-state index contributed by atoms with van der Waals surface area (Å²) in [6.07, 6.45) is 7.46. The van der Waals surface area contributed by atoms with Crippen molar-refractivity contribution in [2.24, 2.45) is 5.92 Å². The molecule has 1 aromatic heterocycles. The van der Waals surface area contributed by atoms with E-state index in [-0.39, 0.29) is 5.92 Å². The number of nitrogens with one attached hydrogen (secondary N) is 2. The number of aromatic amines is 1. The summed E-state index contributed by atoms with van der Waals surface area (Å²) >= 11 is 0. The minimum Gasteiger partial charge on any atom is -0.481 e. The highest BCUT2D eigenvalue weighted by molar-refractivity contribution is 5.70. The summed E-state index contributed by atoms with van der Waals surface area (Å²) < 4.78 is 0. The predicted molar refractivity (Wildman–Crippen MR) is 61.0 cm³/mol. The highest BCUT2D eigenvalue weighted by atomic mass is 16.4. The summed E-state index contributed by atoms with van der Waals surface area (Å²) in [5.41, 5.74) is 1.25. The predicted octanol–water partition coefficient (Wildman–Crippen LogP) is 1.75. The number of carboxylic acid groups (broad SMARTS) is 1. The van der Waals surface area contributed by atoms with Crippen molar-refractivity contribution in [1.29, 1.82) is 0 Å². The van der Waals surface area contributed by atoms with Crippen molar-refractivity contribution in [3.05, 3.63) is 24.0 Å². The van der Waals surface area contributed by atoms with Gasteiger partial charge in [0.2, 0.25) is 0 Å². The number of hydrogen-bond acceptors (Lipinski definition) is 2. The van der Waals surface area contributed by atoms with Crippen LogP contribution in [0.4, 0.5) is 0 Å². The molecule has 0 spiro atoms. The van der Waals surface area contributed by atoms with E-state index in [0.717, 1.165) is 32.2 Å². The lowest BCUT2D eigenvalue weighted by Gasteiger charge is -2.26. The molecule has 1 aliphatic rings. The molecule has 2 rings (SSSR count). The van der Waals surface area contributed by atoms with Crippen LogP contribution in [0.5, 0.6) is 0 Å². The van der Waals surface area contributed by atoms with Gasteiger partial charge in [-0.2, -0.15) is 0 Å². The molecule has 0 atom stereocenters. The zero-order valence-electron chi connectivity index (χ0n) is 9.28. The Bertz CT molecular complexity index is 327. The second kappa shape index (κ2) is 5.16. The molecule has 1 heterocycles. The maximum absolute atomic E-state index is 10.8. The van der Waals surface area contributed by atoms with Gasteiger partial charge in [-0.25, -0.2) is 0 Å². The Balaban J connectivity index is 1.71. The monoisotopic (exact) mass is 222 g/mol. The van der Waals surface area contributed by atoms with E-state index in [1.807, 2.05) is 12.4 Å². The first-order valence-electron chi connectivity index (χ1n) is 5.83. The third kappa shape index (κ3) is 2.85. The Morgan fingerprint density at radius 2 is 2.19 bits per heavy atom. The minimum absolute atomic E-state index is 0.120.